The zero-order chi connectivity index (χ0) is 18.1. The van der Waals surface area contributed by atoms with Crippen molar-refractivity contribution in [3.63, 3.8) is 0 Å². The Morgan fingerprint density at radius 2 is 1.80 bits per heavy atom. The van der Waals surface area contributed by atoms with Gasteiger partial charge in [0.15, 0.2) is 0 Å². The Morgan fingerprint density at radius 1 is 1.20 bits per heavy atom. The molecule has 2 aliphatic rings. The summed E-state index contributed by atoms with van der Waals surface area (Å²) >= 11 is 0. The van der Waals surface area contributed by atoms with E-state index >= 15 is 0 Å². The first-order valence-corrected chi connectivity index (χ1v) is 8.19. The molecule has 3 N–H and O–H groups in total. The van der Waals surface area contributed by atoms with E-state index in [-0.39, 0.29) is 35.0 Å². The van der Waals surface area contributed by atoms with E-state index in [4.69, 9.17) is 10.8 Å². The molecule has 2 aliphatic heterocycles. The number of likely N-dealkylation sites (tertiary alicyclic amines) is 1. The van der Waals surface area contributed by atoms with E-state index in [1.54, 1.807) is 0 Å². The van der Waals surface area contributed by atoms with Gasteiger partial charge in [-0.2, -0.15) is 0 Å². The number of aliphatic hydroxyl groups is 1. The first kappa shape index (κ1) is 17.3. The van der Waals surface area contributed by atoms with Gasteiger partial charge in [-0.05, 0) is 37.9 Å². The summed E-state index contributed by atoms with van der Waals surface area (Å²) in [5.74, 6) is -0.759. The number of carbonyl (C=O) groups excluding carboxylic acids is 2. The average Bonchev–Trinajstić information content (AvgIpc) is 2.80. The summed E-state index contributed by atoms with van der Waals surface area (Å²) in [7, 11) is 0. The molecule has 0 unspecified atom stereocenters. The number of amides is 2. The van der Waals surface area contributed by atoms with E-state index in [1.165, 1.54) is 11.0 Å². The molecule has 0 saturated carbocycles. The highest BCUT2D eigenvalue weighted by Crippen LogP contribution is 2.32. The highest BCUT2D eigenvalue weighted by Gasteiger charge is 2.39. The van der Waals surface area contributed by atoms with Gasteiger partial charge in [-0.1, -0.05) is 0 Å². The number of hydrogen-bond acceptors (Lipinski definition) is 7. The van der Waals surface area contributed by atoms with Crippen LogP contribution in [-0.2, 0) is 0 Å². The molecule has 3 rings (SSSR count). The molecular formula is C16H20N4O5. The normalized spacial score (nSPS) is 18.7. The molecule has 0 spiro atoms. The predicted molar refractivity (Wildman–Crippen MR) is 89.1 cm³/mol. The van der Waals surface area contributed by atoms with E-state index < -0.39 is 16.7 Å². The van der Waals surface area contributed by atoms with Gasteiger partial charge in [0, 0.05) is 19.2 Å². The maximum Gasteiger partial charge on any atom is 0.292 e. The van der Waals surface area contributed by atoms with Gasteiger partial charge in [0.05, 0.1) is 22.7 Å². The molecule has 1 fully saturated rings. The smallest absolute Gasteiger partial charge is 0.292 e. The van der Waals surface area contributed by atoms with Crippen LogP contribution in [0.15, 0.2) is 12.1 Å². The average molecular weight is 348 g/mol. The Balaban J connectivity index is 1.73. The number of nitrogen functional groups attached to an aromatic ring is 1. The number of fused-ring (bicyclic) bond motifs is 1. The summed E-state index contributed by atoms with van der Waals surface area (Å²) in [6, 6.07) is 2.31. The molecule has 0 aromatic heterocycles. The predicted octanol–water partition coefficient (Wildman–Crippen LogP) is 0.477. The molecule has 1 aromatic rings. The number of nitro groups is 1. The van der Waals surface area contributed by atoms with Crippen molar-refractivity contribution in [3.8, 4) is 0 Å². The van der Waals surface area contributed by atoms with Crippen LogP contribution in [0.3, 0.4) is 0 Å². The second-order valence-corrected chi connectivity index (χ2v) is 6.44. The highest BCUT2D eigenvalue weighted by atomic mass is 16.6. The lowest BCUT2D eigenvalue weighted by atomic mass is 9.96. The fourth-order valence-electron chi connectivity index (χ4n) is 3.46. The number of nitrogens with two attached hydrogens (primary N) is 1. The van der Waals surface area contributed by atoms with Crippen LogP contribution in [0, 0.1) is 16.0 Å². The van der Waals surface area contributed by atoms with Crippen molar-refractivity contribution in [2.75, 3.05) is 38.5 Å². The van der Waals surface area contributed by atoms with Crippen molar-refractivity contribution in [1.82, 2.24) is 9.80 Å². The number of rotatable bonds is 5. The number of nitrogens with zero attached hydrogens (tertiary/aromatic N) is 3. The van der Waals surface area contributed by atoms with E-state index in [1.807, 2.05) is 0 Å². The topological polar surface area (TPSA) is 130 Å². The fraction of sp³-hybridized carbons (Fsp3) is 0.500. The SMILES string of the molecule is Nc1cc2c(cc1[N+](=O)[O-])C(=O)N(CC1CCN(CCO)CC1)C2=O. The largest absolute Gasteiger partial charge is 0.395 e. The lowest BCUT2D eigenvalue weighted by Gasteiger charge is -2.32. The lowest BCUT2D eigenvalue weighted by Crippen LogP contribution is -2.41. The fourth-order valence-corrected chi connectivity index (χ4v) is 3.46. The number of anilines is 1. The third-order valence-electron chi connectivity index (χ3n) is 4.88. The zero-order valence-electron chi connectivity index (χ0n) is 13.7. The zero-order valence-corrected chi connectivity index (χ0v) is 13.7. The molecule has 9 heteroatoms. The molecule has 0 atom stereocenters. The van der Waals surface area contributed by atoms with Gasteiger partial charge >= 0.3 is 0 Å². The Morgan fingerprint density at radius 3 is 2.36 bits per heavy atom. The second kappa shape index (κ2) is 6.77. The van der Waals surface area contributed by atoms with Crippen LogP contribution in [-0.4, -0.2) is 64.4 Å². The van der Waals surface area contributed by atoms with E-state index in [0.29, 0.717) is 13.1 Å². The summed E-state index contributed by atoms with van der Waals surface area (Å²) < 4.78 is 0. The van der Waals surface area contributed by atoms with Crippen LogP contribution in [0.4, 0.5) is 11.4 Å². The molecule has 25 heavy (non-hydrogen) atoms. The number of piperidine rings is 1. The van der Waals surface area contributed by atoms with E-state index in [9.17, 15) is 19.7 Å². The third kappa shape index (κ3) is 3.20. The number of aliphatic hydroxyl groups excluding tert-OH is 1. The van der Waals surface area contributed by atoms with Gasteiger partial charge in [-0.3, -0.25) is 24.6 Å². The van der Waals surface area contributed by atoms with E-state index in [0.717, 1.165) is 32.0 Å². The Kier molecular flexibility index (Phi) is 4.69. The summed E-state index contributed by atoms with van der Waals surface area (Å²) in [4.78, 5) is 38.7. The molecule has 1 aromatic carbocycles. The molecule has 2 amide bonds. The lowest BCUT2D eigenvalue weighted by molar-refractivity contribution is -0.383. The monoisotopic (exact) mass is 348 g/mol. The van der Waals surface area contributed by atoms with Crippen LogP contribution < -0.4 is 5.73 Å². The molecule has 1 saturated heterocycles. The number of hydrogen-bond donors (Lipinski definition) is 2. The minimum Gasteiger partial charge on any atom is -0.395 e. The van der Waals surface area contributed by atoms with Crippen LogP contribution in [0.5, 0.6) is 0 Å². The van der Waals surface area contributed by atoms with Crippen molar-refractivity contribution in [1.29, 1.82) is 0 Å². The number of benzene rings is 1. The van der Waals surface area contributed by atoms with E-state index in [2.05, 4.69) is 4.90 Å². The summed E-state index contributed by atoms with van der Waals surface area (Å²) in [6.45, 7) is 2.67. The third-order valence-corrected chi connectivity index (χ3v) is 4.88. The van der Waals surface area contributed by atoms with Gasteiger partial charge < -0.3 is 15.7 Å². The van der Waals surface area contributed by atoms with Crippen LogP contribution in [0.2, 0.25) is 0 Å². The second-order valence-electron chi connectivity index (χ2n) is 6.44. The highest BCUT2D eigenvalue weighted by molar-refractivity contribution is 6.22. The van der Waals surface area contributed by atoms with Gasteiger partial charge in [0.2, 0.25) is 0 Å². The Labute approximate surface area is 144 Å². The van der Waals surface area contributed by atoms with Crippen molar-refractivity contribution >= 4 is 23.2 Å². The quantitative estimate of drug-likeness (QED) is 0.342. The summed E-state index contributed by atoms with van der Waals surface area (Å²) in [5, 5.41) is 20.0. The first-order valence-electron chi connectivity index (χ1n) is 8.19. The van der Waals surface area contributed by atoms with Gasteiger partial charge in [-0.15, -0.1) is 0 Å². The van der Waals surface area contributed by atoms with Crippen molar-refractivity contribution in [2.24, 2.45) is 5.92 Å². The molecule has 2 heterocycles. The van der Waals surface area contributed by atoms with Gasteiger partial charge in [-0.25, -0.2) is 0 Å². The van der Waals surface area contributed by atoms with Crippen molar-refractivity contribution < 1.29 is 19.6 Å². The van der Waals surface area contributed by atoms with Crippen LogP contribution in [0.1, 0.15) is 33.6 Å². The maximum absolute atomic E-state index is 12.5. The molecule has 9 nitrogen and oxygen atoms in total. The maximum atomic E-state index is 12.5. The van der Waals surface area contributed by atoms with Crippen LogP contribution >= 0.6 is 0 Å². The molecule has 134 valence electrons. The first-order chi connectivity index (χ1) is 11.9. The summed E-state index contributed by atoms with van der Waals surface area (Å²) in [6.07, 6.45) is 1.66. The number of nitro benzene ring substituents is 1. The number of β-amino-alcohol motifs (C(OH)–C–C–N with tert-alkyl or cyclic N) is 1. The summed E-state index contributed by atoms with van der Waals surface area (Å²) in [5.41, 5.74) is 5.32. The number of carbonyl (C=O) groups is 2. The Bertz CT molecular complexity index is 727. The van der Waals surface area contributed by atoms with Crippen LogP contribution in [0.25, 0.3) is 0 Å². The Hall–Kier alpha value is -2.52. The molecule has 0 bridgehead atoms. The minimum atomic E-state index is -0.660. The van der Waals surface area contributed by atoms with Crippen molar-refractivity contribution in [3.05, 3.63) is 33.4 Å². The van der Waals surface area contributed by atoms with Gasteiger partial charge in [0.1, 0.15) is 5.69 Å². The van der Waals surface area contributed by atoms with Gasteiger partial charge in [0.25, 0.3) is 17.5 Å². The molecule has 0 aliphatic carbocycles. The van der Waals surface area contributed by atoms with Crippen molar-refractivity contribution in [2.45, 2.75) is 12.8 Å². The minimum absolute atomic E-state index is 0.0450. The molecule has 0 radical (unpaired) electrons. The number of imide groups is 1. The standard InChI is InChI=1S/C16H20N4O5/c17-13-7-11-12(8-14(13)20(24)25)16(23)19(15(11)22)9-10-1-3-18(4-2-10)5-6-21/h7-8,10,21H,1-6,9,17H2. The molecular weight excluding hydrogens is 328 g/mol.